The summed E-state index contributed by atoms with van der Waals surface area (Å²) in [5.41, 5.74) is 0.766. The van der Waals surface area contributed by atoms with Crippen LogP contribution >= 0.6 is 22.9 Å². The summed E-state index contributed by atoms with van der Waals surface area (Å²) in [6.07, 6.45) is 2.12. The number of nitrogens with zero attached hydrogens (tertiary/aromatic N) is 2. The van der Waals surface area contributed by atoms with E-state index in [1.807, 2.05) is 11.4 Å². The van der Waals surface area contributed by atoms with Gasteiger partial charge in [-0.2, -0.15) is 0 Å². The highest BCUT2D eigenvalue weighted by molar-refractivity contribution is 7.10. The third-order valence-electron chi connectivity index (χ3n) is 4.00. The predicted molar refractivity (Wildman–Crippen MR) is 86.9 cm³/mol. The number of rotatable bonds is 4. The number of hydrogen-bond donors (Lipinski definition) is 2. The first-order valence-corrected chi connectivity index (χ1v) is 8.53. The molecule has 5 nitrogen and oxygen atoms in total. The van der Waals surface area contributed by atoms with Crippen molar-refractivity contribution in [1.82, 2.24) is 14.9 Å². The van der Waals surface area contributed by atoms with Crippen LogP contribution in [0.3, 0.4) is 0 Å². The minimum Gasteiger partial charge on any atom is -0.476 e. The predicted octanol–water partition coefficient (Wildman–Crippen LogP) is 3.51. The molecule has 0 aliphatic carbocycles. The lowest BCUT2D eigenvalue weighted by atomic mass is 9.97. The second-order valence-electron chi connectivity index (χ2n) is 5.71. The lowest BCUT2D eigenvalue weighted by Gasteiger charge is -2.31. The van der Waals surface area contributed by atoms with Gasteiger partial charge in [0.05, 0.1) is 5.02 Å². The Hall–Kier alpha value is -1.37. The van der Waals surface area contributed by atoms with E-state index in [1.165, 1.54) is 4.88 Å². The number of aryl methyl sites for hydroxylation is 1. The average Bonchev–Trinajstić information content (AvgIpc) is 3.05. The van der Waals surface area contributed by atoms with Crippen molar-refractivity contribution in [2.24, 2.45) is 0 Å². The van der Waals surface area contributed by atoms with Crippen LogP contribution in [-0.2, 0) is 6.54 Å². The van der Waals surface area contributed by atoms with Gasteiger partial charge in [0.1, 0.15) is 5.82 Å². The molecule has 1 aliphatic heterocycles. The highest BCUT2D eigenvalue weighted by Gasteiger charge is 2.25. The summed E-state index contributed by atoms with van der Waals surface area (Å²) in [4.78, 5) is 22.2. The van der Waals surface area contributed by atoms with Gasteiger partial charge in [-0.05, 0) is 32.4 Å². The van der Waals surface area contributed by atoms with Gasteiger partial charge in [0.2, 0.25) is 0 Å². The number of nitrogens with one attached hydrogen (secondary N) is 1. The van der Waals surface area contributed by atoms with Gasteiger partial charge < -0.3 is 10.1 Å². The minimum absolute atomic E-state index is 0.136. The van der Waals surface area contributed by atoms with Gasteiger partial charge in [0.15, 0.2) is 5.69 Å². The number of imidazole rings is 1. The third kappa shape index (κ3) is 3.34. The number of piperidine rings is 1. The summed E-state index contributed by atoms with van der Waals surface area (Å²) in [5.74, 6) is 0.0840. The first kappa shape index (κ1) is 15.5. The Balaban J connectivity index is 1.70. The zero-order valence-corrected chi connectivity index (χ0v) is 13.9. The first-order valence-electron chi connectivity index (χ1n) is 7.28. The lowest BCUT2D eigenvalue weighted by Crippen LogP contribution is -2.34. The van der Waals surface area contributed by atoms with Gasteiger partial charge in [-0.25, -0.2) is 9.78 Å². The van der Waals surface area contributed by atoms with Gasteiger partial charge >= 0.3 is 5.97 Å². The summed E-state index contributed by atoms with van der Waals surface area (Å²) in [6, 6.07) is 2.01. The molecule has 118 valence electrons. The highest BCUT2D eigenvalue weighted by Crippen LogP contribution is 2.28. The number of carbonyl (C=O) groups is 1. The van der Waals surface area contributed by atoms with Gasteiger partial charge in [0.25, 0.3) is 0 Å². The maximum atomic E-state index is 11.1. The molecule has 3 rings (SSSR count). The quantitative estimate of drug-likeness (QED) is 0.894. The average molecular weight is 340 g/mol. The first-order chi connectivity index (χ1) is 10.5. The molecule has 2 N–H and O–H groups in total. The number of aromatic carboxylic acids is 1. The van der Waals surface area contributed by atoms with Crippen molar-refractivity contribution >= 4 is 28.9 Å². The van der Waals surface area contributed by atoms with Crippen molar-refractivity contribution in [1.29, 1.82) is 0 Å². The molecule has 22 heavy (non-hydrogen) atoms. The van der Waals surface area contributed by atoms with Crippen molar-refractivity contribution in [2.75, 3.05) is 13.1 Å². The lowest BCUT2D eigenvalue weighted by molar-refractivity contribution is 0.0690. The van der Waals surface area contributed by atoms with Gasteiger partial charge in [-0.1, -0.05) is 11.6 Å². The molecule has 1 saturated heterocycles. The molecule has 0 bridgehead atoms. The van der Waals surface area contributed by atoms with Crippen LogP contribution in [0, 0.1) is 6.92 Å². The van der Waals surface area contributed by atoms with E-state index in [1.54, 1.807) is 18.3 Å². The topological polar surface area (TPSA) is 69.2 Å². The Morgan fingerprint density at radius 3 is 3.09 bits per heavy atom. The normalized spacial score (nSPS) is 19.5. The van der Waals surface area contributed by atoms with E-state index in [2.05, 4.69) is 14.9 Å². The van der Waals surface area contributed by atoms with Crippen LogP contribution in [0.2, 0.25) is 5.02 Å². The molecule has 0 spiro atoms. The third-order valence-corrected chi connectivity index (χ3v) is 5.27. The Morgan fingerprint density at radius 1 is 1.64 bits per heavy atom. The summed E-state index contributed by atoms with van der Waals surface area (Å²) < 4.78 is 0. The summed E-state index contributed by atoms with van der Waals surface area (Å²) in [5, 5.41) is 11.9. The number of carboxylic acid groups (broad SMARTS) is 1. The van der Waals surface area contributed by atoms with Crippen LogP contribution in [0.15, 0.2) is 11.4 Å². The fourth-order valence-corrected chi connectivity index (χ4v) is 4.08. The van der Waals surface area contributed by atoms with Crippen LogP contribution in [0.1, 0.15) is 45.6 Å². The molecule has 1 fully saturated rings. The maximum Gasteiger partial charge on any atom is 0.356 e. The molecule has 2 aromatic heterocycles. The fourth-order valence-electron chi connectivity index (χ4n) is 2.96. The molecule has 0 amide bonds. The van der Waals surface area contributed by atoms with Crippen molar-refractivity contribution in [3.63, 3.8) is 0 Å². The Labute approximate surface area is 137 Å². The van der Waals surface area contributed by atoms with Crippen molar-refractivity contribution in [3.8, 4) is 0 Å². The molecule has 3 heterocycles. The molecule has 0 radical (unpaired) electrons. The van der Waals surface area contributed by atoms with Crippen LogP contribution in [-0.4, -0.2) is 39.0 Å². The Kier molecular flexibility index (Phi) is 4.52. The molecular formula is C15H18ClN3O2S. The Bertz CT molecular complexity index is 682. The van der Waals surface area contributed by atoms with E-state index < -0.39 is 5.97 Å². The maximum absolute atomic E-state index is 11.1. The van der Waals surface area contributed by atoms with Crippen molar-refractivity contribution < 1.29 is 9.90 Å². The highest BCUT2D eigenvalue weighted by atomic mass is 35.5. The molecule has 1 aliphatic rings. The number of aromatic amines is 1. The van der Waals surface area contributed by atoms with E-state index in [9.17, 15) is 4.79 Å². The van der Waals surface area contributed by atoms with E-state index >= 15 is 0 Å². The van der Waals surface area contributed by atoms with E-state index in [0.717, 1.165) is 43.3 Å². The van der Waals surface area contributed by atoms with Gasteiger partial charge in [-0.3, -0.25) is 4.90 Å². The summed E-state index contributed by atoms with van der Waals surface area (Å²) >= 11 is 7.65. The standard InChI is InChI=1S/C15H18ClN3O2S/c1-9-13(15(20)21)18-14(17-9)10-3-2-4-19(6-10)7-12-5-11(16)8-22-12/h5,8,10H,2-4,6-7H2,1H3,(H,17,18)(H,20,21). The summed E-state index contributed by atoms with van der Waals surface area (Å²) in [7, 11) is 0. The smallest absolute Gasteiger partial charge is 0.356 e. The van der Waals surface area contributed by atoms with Crippen LogP contribution in [0.25, 0.3) is 0 Å². The molecular weight excluding hydrogens is 322 g/mol. The van der Waals surface area contributed by atoms with E-state index in [-0.39, 0.29) is 11.6 Å². The second-order valence-corrected chi connectivity index (χ2v) is 7.14. The zero-order valence-electron chi connectivity index (χ0n) is 12.3. The molecule has 0 saturated carbocycles. The number of carboxylic acids is 1. The van der Waals surface area contributed by atoms with Crippen LogP contribution < -0.4 is 0 Å². The molecule has 2 aromatic rings. The largest absolute Gasteiger partial charge is 0.476 e. The second kappa shape index (κ2) is 6.40. The molecule has 1 atom stereocenters. The summed E-state index contributed by atoms with van der Waals surface area (Å²) in [6.45, 7) is 4.59. The van der Waals surface area contributed by atoms with Crippen LogP contribution in [0.4, 0.5) is 0 Å². The van der Waals surface area contributed by atoms with Crippen molar-refractivity contribution in [2.45, 2.75) is 32.2 Å². The number of likely N-dealkylation sites (tertiary alicyclic amines) is 1. The number of halogens is 1. The van der Waals surface area contributed by atoms with Gasteiger partial charge in [-0.15, -0.1) is 11.3 Å². The van der Waals surface area contributed by atoms with Crippen LogP contribution in [0.5, 0.6) is 0 Å². The fraction of sp³-hybridized carbons (Fsp3) is 0.467. The van der Waals surface area contributed by atoms with E-state index in [0.29, 0.717) is 5.69 Å². The van der Waals surface area contributed by atoms with Crippen molar-refractivity contribution in [3.05, 3.63) is 38.6 Å². The SMILES string of the molecule is Cc1[nH]c(C2CCCN(Cc3cc(Cl)cs3)C2)nc1C(=O)O. The monoisotopic (exact) mass is 339 g/mol. The molecule has 7 heteroatoms. The van der Waals surface area contributed by atoms with E-state index in [4.69, 9.17) is 16.7 Å². The number of aromatic nitrogens is 2. The number of hydrogen-bond acceptors (Lipinski definition) is 4. The Morgan fingerprint density at radius 2 is 2.45 bits per heavy atom. The number of H-pyrrole nitrogens is 1. The van der Waals surface area contributed by atoms with Gasteiger partial charge in [0, 0.05) is 35.0 Å². The zero-order chi connectivity index (χ0) is 15.7. The molecule has 0 aromatic carbocycles. The number of thiophene rings is 1. The molecule has 1 unspecified atom stereocenters. The minimum atomic E-state index is -0.971.